The molecule has 0 aliphatic carbocycles. The third-order valence-corrected chi connectivity index (χ3v) is 3.93. The van der Waals surface area contributed by atoms with Gasteiger partial charge < -0.3 is 10.1 Å². The van der Waals surface area contributed by atoms with Crippen LogP contribution in [0.2, 0.25) is 0 Å². The second-order valence-electron chi connectivity index (χ2n) is 5.64. The number of hydrogen-bond acceptors (Lipinski definition) is 3. The van der Waals surface area contributed by atoms with Gasteiger partial charge in [0.15, 0.2) is 0 Å². The number of anilines is 1. The Balaban J connectivity index is 1.76. The fourth-order valence-corrected chi connectivity index (χ4v) is 2.53. The molecule has 1 amide bonds. The number of carbonyl (C=O) groups is 1. The lowest BCUT2D eigenvalue weighted by atomic mass is 10.2. The monoisotopic (exact) mass is 337 g/mol. The van der Waals surface area contributed by atoms with Crippen molar-refractivity contribution in [2.45, 2.75) is 13.5 Å². The molecule has 0 radical (unpaired) electrons. The lowest BCUT2D eigenvalue weighted by Crippen LogP contribution is -2.28. The van der Waals surface area contributed by atoms with Gasteiger partial charge in [-0.05, 0) is 42.8 Å². The Hall–Kier alpha value is -3.28. The summed E-state index contributed by atoms with van der Waals surface area (Å²) < 4.78 is 7.97. The van der Waals surface area contributed by atoms with Crippen molar-refractivity contribution >= 4 is 11.6 Å². The lowest BCUT2D eigenvalue weighted by molar-refractivity contribution is -0.116. The maximum atomic E-state index is 12.5. The van der Waals surface area contributed by atoms with Gasteiger partial charge in [0.25, 0.3) is 0 Å². The van der Waals surface area contributed by atoms with Crippen LogP contribution >= 0.6 is 0 Å². The zero-order chi connectivity index (χ0) is 17.8. The standard InChI is InChI=1S/C19H19N3O3/c1-14-5-3-4-6-17(14)20-18(23)13-21-11-12-22(19(21)24)15-7-9-16(25-2)10-8-15/h3-12H,13H2,1-2H3,(H,20,23). The third kappa shape index (κ3) is 3.63. The number of benzene rings is 2. The van der Waals surface area contributed by atoms with Crippen molar-refractivity contribution in [3.63, 3.8) is 0 Å². The van der Waals surface area contributed by atoms with Gasteiger partial charge in [-0.15, -0.1) is 0 Å². The Kier molecular flexibility index (Phi) is 4.70. The molecule has 25 heavy (non-hydrogen) atoms. The molecule has 3 rings (SSSR count). The van der Waals surface area contributed by atoms with E-state index in [4.69, 9.17) is 4.74 Å². The number of hydrogen-bond donors (Lipinski definition) is 1. The Bertz CT molecular complexity index is 939. The fraction of sp³-hybridized carbons (Fsp3) is 0.158. The Morgan fingerprint density at radius 3 is 2.48 bits per heavy atom. The predicted molar refractivity (Wildman–Crippen MR) is 96.4 cm³/mol. The van der Waals surface area contributed by atoms with E-state index in [1.54, 1.807) is 43.8 Å². The highest BCUT2D eigenvalue weighted by Gasteiger charge is 2.10. The molecule has 0 bridgehead atoms. The van der Waals surface area contributed by atoms with Crippen LogP contribution < -0.4 is 15.7 Å². The van der Waals surface area contributed by atoms with E-state index in [1.807, 2.05) is 31.2 Å². The number of imidazole rings is 1. The van der Waals surface area contributed by atoms with Crippen LogP contribution in [0.1, 0.15) is 5.56 Å². The Morgan fingerprint density at radius 2 is 1.80 bits per heavy atom. The molecule has 6 heteroatoms. The van der Waals surface area contributed by atoms with Gasteiger partial charge in [-0.1, -0.05) is 18.2 Å². The van der Waals surface area contributed by atoms with E-state index < -0.39 is 0 Å². The summed E-state index contributed by atoms with van der Waals surface area (Å²) in [6.07, 6.45) is 3.25. The van der Waals surface area contributed by atoms with Crippen molar-refractivity contribution in [1.82, 2.24) is 9.13 Å². The van der Waals surface area contributed by atoms with Crippen molar-refractivity contribution in [2.24, 2.45) is 0 Å². The van der Waals surface area contributed by atoms with Gasteiger partial charge in [0, 0.05) is 18.1 Å². The zero-order valence-electron chi connectivity index (χ0n) is 14.1. The average molecular weight is 337 g/mol. The van der Waals surface area contributed by atoms with Gasteiger partial charge in [-0.25, -0.2) is 4.79 Å². The number of nitrogens with one attached hydrogen (secondary N) is 1. The summed E-state index contributed by atoms with van der Waals surface area (Å²) >= 11 is 0. The summed E-state index contributed by atoms with van der Waals surface area (Å²) in [4.78, 5) is 24.7. The van der Waals surface area contributed by atoms with Crippen molar-refractivity contribution in [2.75, 3.05) is 12.4 Å². The normalized spacial score (nSPS) is 10.5. The molecule has 1 N–H and O–H groups in total. The van der Waals surface area contributed by atoms with Gasteiger partial charge in [0.2, 0.25) is 5.91 Å². The summed E-state index contributed by atoms with van der Waals surface area (Å²) in [5.41, 5.74) is 2.16. The molecule has 6 nitrogen and oxygen atoms in total. The van der Waals surface area contributed by atoms with Crippen LogP contribution in [0.25, 0.3) is 5.69 Å². The van der Waals surface area contributed by atoms with Crippen LogP contribution in [0.5, 0.6) is 5.75 Å². The lowest BCUT2D eigenvalue weighted by Gasteiger charge is -2.08. The van der Waals surface area contributed by atoms with E-state index >= 15 is 0 Å². The van der Waals surface area contributed by atoms with E-state index in [2.05, 4.69) is 5.32 Å². The van der Waals surface area contributed by atoms with Crippen molar-refractivity contribution in [3.05, 3.63) is 77.0 Å². The number of nitrogens with zero attached hydrogens (tertiary/aromatic N) is 2. The van der Waals surface area contributed by atoms with E-state index in [0.717, 1.165) is 11.3 Å². The molecular weight excluding hydrogens is 318 g/mol. The number of methoxy groups -OCH3 is 1. The predicted octanol–water partition coefficient (Wildman–Crippen LogP) is 2.59. The first-order valence-corrected chi connectivity index (χ1v) is 7.86. The molecule has 0 spiro atoms. The molecule has 0 aliphatic rings. The maximum absolute atomic E-state index is 12.5. The van der Waals surface area contributed by atoms with Crippen LogP contribution in [-0.2, 0) is 11.3 Å². The number of amides is 1. The van der Waals surface area contributed by atoms with E-state index in [-0.39, 0.29) is 18.1 Å². The molecule has 1 aromatic heterocycles. The van der Waals surface area contributed by atoms with E-state index in [1.165, 1.54) is 9.13 Å². The highest BCUT2D eigenvalue weighted by molar-refractivity contribution is 5.91. The van der Waals surface area contributed by atoms with Gasteiger partial charge in [-0.3, -0.25) is 13.9 Å². The summed E-state index contributed by atoms with van der Waals surface area (Å²) in [5.74, 6) is 0.470. The van der Waals surface area contributed by atoms with Crippen molar-refractivity contribution in [1.29, 1.82) is 0 Å². The molecule has 3 aromatic rings. The first-order chi connectivity index (χ1) is 12.1. The Morgan fingerprint density at radius 1 is 1.08 bits per heavy atom. The highest BCUT2D eigenvalue weighted by Crippen LogP contribution is 2.14. The average Bonchev–Trinajstić information content (AvgIpc) is 2.97. The number of ether oxygens (including phenoxy) is 1. The highest BCUT2D eigenvalue weighted by atomic mass is 16.5. The van der Waals surface area contributed by atoms with Crippen LogP contribution in [0.15, 0.2) is 65.7 Å². The van der Waals surface area contributed by atoms with Crippen LogP contribution in [0.4, 0.5) is 5.69 Å². The fourth-order valence-electron chi connectivity index (χ4n) is 2.53. The van der Waals surface area contributed by atoms with Gasteiger partial charge in [-0.2, -0.15) is 0 Å². The minimum Gasteiger partial charge on any atom is -0.497 e. The Labute approximate surface area is 145 Å². The molecule has 0 saturated heterocycles. The second-order valence-corrected chi connectivity index (χ2v) is 5.64. The van der Waals surface area contributed by atoms with Crippen LogP contribution in [0, 0.1) is 6.92 Å². The van der Waals surface area contributed by atoms with E-state index in [0.29, 0.717) is 11.4 Å². The van der Waals surface area contributed by atoms with Crippen molar-refractivity contribution < 1.29 is 9.53 Å². The number of aryl methyl sites for hydroxylation is 1. The van der Waals surface area contributed by atoms with Crippen LogP contribution in [0.3, 0.4) is 0 Å². The van der Waals surface area contributed by atoms with Gasteiger partial charge >= 0.3 is 5.69 Å². The molecule has 2 aromatic carbocycles. The molecule has 128 valence electrons. The molecular formula is C19H19N3O3. The molecule has 0 aliphatic heterocycles. The number of carbonyl (C=O) groups excluding carboxylic acids is 1. The minimum absolute atomic E-state index is 0.0453. The zero-order valence-corrected chi connectivity index (χ0v) is 14.1. The molecule has 0 saturated carbocycles. The topological polar surface area (TPSA) is 65.3 Å². The SMILES string of the molecule is COc1ccc(-n2ccn(CC(=O)Nc3ccccc3C)c2=O)cc1. The quantitative estimate of drug-likeness (QED) is 0.778. The van der Waals surface area contributed by atoms with Crippen LogP contribution in [-0.4, -0.2) is 22.2 Å². The summed E-state index contributed by atoms with van der Waals surface area (Å²) in [6.45, 7) is 1.87. The molecule has 0 unspecified atom stereocenters. The second kappa shape index (κ2) is 7.09. The van der Waals surface area contributed by atoms with Gasteiger partial charge in [0.1, 0.15) is 12.3 Å². The number of rotatable bonds is 5. The summed E-state index contributed by atoms with van der Waals surface area (Å²) in [6, 6.07) is 14.7. The largest absolute Gasteiger partial charge is 0.497 e. The maximum Gasteiger partial charge on any atom is 0.333 e. The number of aromatic nitrogens is 2. The number of para-hydroxylation sites is 1. The minimum atomic E-state index is -0.273. The molecule has 1 heterocycles. The van der Waals surface area contributed by atoms with Gasteiger partial charge in [0.05, 0.1) is 12.8 Å². The first kappa shape index (κ1) is 16.6. The van der Waals surface area contributed by atoms with Crippen molar-refractivity contribution in [3.8, 4) is 11.4 Å². The molecule has 0 fully saturated rings. The summed E-state index contributed by atoms with van der Waals surface area (Å²) in [5, 5.41) is 2.83. The summed E-state index contributed by atoms with van der Waals surface area (Å²) in [7, 11) is 1.59. The molecule has 0 atom stereocenters. The smallest absolute Gasteiger partial charge is 0.333 e. The first-order valence-electron chi connectivity index (χ1n) is 7.86. The van der Waals surface area contributed by atoms with E-state index in [9.17, 15) is 9.59 Å². The third-order valence-electron chi connectivity index (χ3n) is 3.93.